The van der Waals surface area contributed by atoms with E-state index in [-0.39, 0.29) is 6.09 Å². The molecule has 0 fully saturated rings. The van der Waals surface area contributed by atoms with Crippen molar-refractivity contribution in [2.24, 2.45) is 0 Å². The number of quaternary nitrogens is 1. The maximum Gasteiger partial charge on any atom is 0.414 e. The van der Waals surface area contributed by atoms with Gasteiger partial charge in [-0.2, -0.15) is 0 Å². The van der Waals surface area contributed by atoms with Gasteiger partial charge in [-0.15, -0.1) is 0 Å². The van der Waals surface area contributed by atoms with E-state index < -0.39 is 10.4 Å². The molecule has 0 radical (unpaired) electrons. The number of ether oxygens (including phenoxy) is 1. The van der Waals surface area contributed by atoms with Crippen molar-refractivity contribution in [2.45, 2.75) is 0 Å². The smallest absolute Gasteiger partial charge is 0.414 e. The number of nitrogens with zero attached hydrogens (tertiary/aromatic N) is 2. The minimum absolute atomic E-state index is 0.385. The largest absolute Gasteiger partial charge is 0.726 e. The molecule has 0 aliphatic rings. The van der Waals surface area contributed by atoms with Crippen molar-refractivity contribution < 1.29 is 26.7 Å². The highest BCUT2D eigenvalue weighted by Crippen LogP contribution is 2.31. The molecule has 0 bridgehead atoms. The number of rotatable bonds is 3. The van der Waals surface area contributed by atoms with Crippen LogP contribution in [0.4, 0.5) is 10.5 Å². The van der Waals surface area contributed by atoms with E-state index in [2.05, 4.69) is 41.3 Å². The lowest BCUT2D eigenvalue weighted by Gasteiger charge is -2.24. The molecule has 0 spiro atoms. The quantitative estimate of drug-likeness (QED) is 0.426. The van der Waals surface area contributed by atoms with E-state index in [1.54, 1.807) is 14.1 Å². The van der Waals surface area contributed by atoms with Gasteiger partial charge in [0.2, 0.25) is 10.4 Å². The molecule has 0 aliphatic carbocycles. The summed E-state index contributed by atoms with van der Waals surface area (Å²) in [6.45, 7) is 0. The molecule has 10 heteroatoms. The zero-order chi connectivity index (χ0) is 18.4. The molecule has 1 amide bonds. The van der Waals surface area contributed by atoms with E-state index in [0.29, 0.717) is 10.2 Å². The molecule has 23 heavy (non-hydrogen) atoms. The Hall–Kier alpha value is -1.20. The van der Waals surface area contributed by atoms with Gasteiger partial charge in [-0.3, -0.25) is 8.67 Å². The van der Waals surface area contributed by atoms with Crippen molar-refractivity contribution in [1.82, 2.24) is 9.38 Å². The monoisotopic (exact) mass is 412 g/mol. The van der Waals surface area contributed by atoms with Crippen LogP contribution in [0, 0.1) is 0 Å². The van der Waals surface area contributed by atoms with Crippen molar-refractivity contribution in [1.29, 1.82) is 0 Å². The Balaban J connectivity index is 0.000000688. The molecule has 0 aromatic heterocycles. The summed E-state index contributed by atoms with van der Waals surface area (Å²) in [4.78, 5) is 12.9. The number of hydrogen-bond acceptors (Lipinski definition) is 6. The maximum atomic E-state index is 11.5. The molecule has 8 nitrogen and oxygen atoms in total. The minimum Gasteiger partial charge on any atom is -0.726 e. The highest BCUT2D eigenvalue weighted by atomic mass is 79.9. The van der Waals surface area contributed by atoms with Crippen LogP contribution in [0.3, 0.4) is 0 Å². The van der Waals surface area contributed by atoms with Crippen LogP contribution in [0.2, 0.25) is 0 Å². The van der Waals surface area contributed by atoms with E-state index in [9.17, 15) is 17.8 Å². The summed E-state index contributed by atoms with van der Waals surface area (Å²) < 4.78 is 37.7. The number of carbonyl (C=O) groups excluding carboxylic acids is 1. The number of benzene rings is 1. The summed E-state index contributed by atoms with van der Waals surface area (Å²) in [5, 5.41) is 0. The molecule has 0 atom stereocenters. The first-order chi connectivity index (χ1) is 10.3. The first-order valence-corrected chi connectivity index (χ1v) is 8.42. The van der Waals surface area contributed by atoms with E-state index in [1.807, 2.05) is 18.2 Å². The molecule has 0 N–H and O–H groups in total. The average molecular weight is 413 g/mol. The van der Waals surface area contributed by atoms with E-state index in [1.165, 1.54) is 4.90 Å². The minimum atomic E-state index is -4.41. The van der Waals surface area contributed by atoms with Crippen LogP contribution in [0.5, 0.6) is 5.75 Å². The summed E-state index contributed by atoms with van der Waals surface area (Å²) in [5.74, 6) is 0.536. The van der Waals surface area contributed by atoms with Gasteiger partial charge in [0.1, 0.15) is 5.69 Å². The summed E-state index contributed by atoms with van der Waals surface area (Å²) in [6.07, 6.45) is -0.385. The zero-order valence-corrected chi connectivity index (χ0v) is 16.3. The van der Waals surface area contributed by atoms with Crippen molar-refractivity contribution in [3.63, 3.8) is 0 Å². The Morgan fingerprint density at radius 1 is 1.26 bits per heavy atom. The zero-order valence-electron chi connectivity index (χ0n) is 13.9. The third-order valence-electron chi connectivity index (χ3n) is 2.46. The van der Waals surface area contributed by atoms with Gasteiger partial charge in [-0.1, -0.05) is 0 Å². The summed E-state index contributed by atoms with van der Waals surface area (Å²) in [6, 6.07) is 5.75. The number of hydrogen-bond donors (Lipinski definition) is 0. The topological polar surface area (TPSA) is 96.0 Å². The van der Waals surface area contributed by atoms with Gasteiger partial charge < -0.3 is 14.2 Å². The molecule has 0 unspecified atom stereocenters. The highest BCUT2D eigenvalue weighted by Gasteiger charge is 2.17. The van der Waals surface area contributed by atoms with Crippen LogP contribution < -0.4 is 9.22 Å². The molecular weight excluding hydrogens is 392 g/mol. The van der Waals surface area contributed by atoms with Gasteiger partial charge in [0.05, 0.1) is 32.7 Å². The first kappa shape index (κ1) is 21.8. The molecule has 1 aromatic rings. The second-order valence-corrected chi connectivity index (χ2v) is 7.47. The van der Waals surface area contributed by atoms with Crippen LogP contribution in [0.25, 0.3) is 0 Å². The molecule has 0 saturated heterocycles. The lowest BCUT2D eigenvalue weighted by molar-refractivity contribution is 0.171. The fraction of sp³-hybridized carbons (Fsp3) is 0.462. The average Bonchev–Trinajstić information content (AvgIpc) is 2.39. The van der Waals surface area contributed by atoms with E-state index >= 15 is 0 Å². The Bertz CT molecular complexity index is 640. The summed E-state index contributed by atoms with van der Waals surface area (Å²) in [7, 11) is 5.87. The van der Waals surface area contributed by atoms with Gasteiger partial charge in [0.25, 0.3) is 0 Å². The van der Waals surface area contributed by atoms with Crippen molar-refractivity contribution >= 4 is 38.1 Å². The second-order valence-electron chi connectivity index (χ2n) is 5.46. The normalized spacial score (nSPS) is 11.3. The Morgan fingerprint density at radius 2 is 1.74 bits per heavy atom. The predicted molar refractivity (Wildman–Crippen MR) is 90.1 cm³/mol. The molecular formula is C13H21BrN2O6S. The van der Waals surface area contributed by atoms with Gasteiger partial charge >= 0.3 is 6.09 Å². The molecule has 1 rings (SSSR count). The number of carbonyl (C=O) groups is 1. The van der Waals surface area contributed by atoms with Gasteiger partial charge in [-0.05, 0) is 22.0 Å². The Labute approximate surface area is 145 Å². The third kappa shape index (κ3) is 8.86. The van der Waals surface area contributed by atoms with Crippen molar-refractivity contribution in [3.8, 4) is 5.75 Å². The van der Waals surface area contributed by atoms with Gasteiger partial charge in [0.15, 0.2) is 5.75 Å². The van der Waals surface area contributed by atoms with E-state index in [4.69, 9.17) is 4.74 Å². The Morgan fingerprint density at radius 3 is 2.09 bits per heavy atom. The molecule has 1 aromatic carbocycles. The van der Waals surface area contributed by atoms with Crippen molar-refractivity contribution in [3.05, 3.63) is 22.7 Å². The molecule has 132 valence electrons. The fourth-order valence-corrected chi connectivity index (χ4v) is 1.50. The van der Waals surface area contributed by atoms with Crippen LogP contribution in [0.15, 0.2) is 22.7 Å². The van der Waals surface area contributed by atoms with Crippen molar-refractivity contribution in [2.75, 3.05) is 42.3 Å². The summed E-state index contributed by atoms with van der Waals surface area (Å²) in [5.41, 5.74) is 1.06. The lowest BCUT2D eigenvalue weighted by Crippen LogP contribution is -2.34. The second kappa shape index (κ2) is 8.60. The highest BCUT2D eigenvalue weighted by molar-refractivity contribution is 9.10. The lowest BCUT2D eigenvalue weighted by atomic mass is 10.2. The van der Waals surface area contributed by atoms with Gasteiger partial charge in [0, 0.05) is 26.2 Å². The Kier molecular flexibility index (Phi) is 8.15. The first-order valence-electron chi connectivity index (χ1n) is 6.30. The maximum absolute atomic E-state index is 11.5. The molecule has 0 heterocycles. The fourth-order valence-electron chi connectivity index (χ4n) is 1.17. The predicted octanol–water partition coefficient (Wildman–Crippen LogP) is 1.80. The standard InChI is InChI=1S/C12H18BrN2O2.CH4O4S/c1-14(2)12(16)17-11-8-9(15(3,4)5)6-7-10(11)13;1-5-6(2,3)4/h6-8H,1-5H3;1H3,(H,2,3,4)/q+1;/p-1. The van der Waals surface area contributed by atoms with Crippen LogP contribution >= 0.6 is 15.9 Å². The van der Waals surface area contributed by atoms with Gasteiger partial charge in [-0.25, -0.2) is 13.2 Å². The van der Waals surface area contributed by atoms with Crippen LogP contribution in [-0.2, 0) is 14.6 Å². The summed E-state index contributed by atoms with van der Waals surface area (Å²) >= 11 is 3.37. The van der Waals surface area contributed by atoms with Crippen LogP contribution in [-0.4, -0.2) is 66.3 Å². The number of halogens is 1. The molecule has 0 saturated carbocycles. The van der Waals surface area contributed by atoms with Crippen LogP contribution in [0.1, 0.15) is 0 Å². The third-order valence-corrected chi connectivity index (χ3v) is 3.52. The molecule has 0 aliphatic heterocycles. The number of amides is 1. The SMILES string of the molecule is CN(C)C(=O)Oc1cc([N+](C)(C)C)ccc1Br.COS(=O)(=O)[O-]. The van der Waals surface area contributed by atoms with E-state index in [0.717, 1.165) is 17.3 Å².